The van der Waals surface area contributed by atoms with Crippen LogP contribution in [-0.2, 0) is 0 Å². The molecule has 4 heteroatoms. The van der Waals surface area contributed by atoms with E-state index in [0.717, 1.165) is 16.8 Å². The van der Waals surface area contributed by atoms with Crippen LogP contribution in [0, 0.1) is 0 Å². The van der Waals surface area contributed by atoms with Gasteiger partial charge < -0.3 is 9.91 Å². The fraction of sp³-hybridized carbons (Fsp3) is 0.875. The first-order valence-corrected chi connectivity index (χ1v) is 5.27. The summed E-state index contributed by atoms with van der Waals surface area (Å²) in [6.07, 6.45) is 0. The lowest BCUT2D eigenvalue weighted by atomic mass is 10.6. The largest absolute Gasteiger partial charge is 0.330 e. The summed E-state index contributed by atoms with van der Waals surface area (Å²) in [6, 6.07) is 0. The van der Waals surface area contributed by atoms with E-state index in [0.29, 0.717) is 0 Å². The Morgan fingerprint density at radius 3 is 2.58 bits per heavy atom. The van der Waals surface area contributed by atoms with Crippen molar-refractivity contribution in [3.63, 3.8) is 0 Å². The molecule has 0 atom stereocenters. The summed E-state index contributed by atoms with van der Waals surface area (Å²) in [5, 5.41) is 3.99. The lowest BCUT2D eigenvalue weighted by Crippen LogP contribution is -2.36. The lowest BCUT2D eigenvalue weighted by Gasteiger charge is -2.22. The van der Waals surface area contributed by atoms with Crippen LogP contribution in [0.1, 0.15) is 6.92 Å². The van der Waals surface area contributed by atoms with Crippen molar-refractivity contribution >= 4 is 17.3 Å². The second-order valence-corrected chi connectivity index (χ2v) is 4.58. The van der Waals surface area contributed by atoms with Gasteiger partial charge in [-0.2, -0.15) is 5.10 Å². The predicted molar refractivity (Wildman–Crippen MR) is 57.5 cm³/mol. The van der Waals surface area contributed by atoms with E-state index in [9.17, 15) is 0 Å². The van der Waals surface area contributed by atoms with E-state index in [4.69, 9.17) is 0 Å². The van der Waals surface area contributed by atoms with Crippen LogP contribution in [0.25, 0.3) is 0 Å². The minimum atomic E-state index is 0.895. The number of rotatable bonds is 6. The van der Waals surface area contributed by atoms with E-state index in [-0.39, 0.29) is 0 Å². The van der Waals surface area contributed by atoms with Crippen molar-refractivity contribution in [2.24, 2.45) is 5.10 Å². The SMILES string of the molecule is CCN/N=C\SCC[N+](C)(C)C. The Morgan fingerprint density at radius 1 is 1.42 bits per heavy atom. The van der Waals surface area contributed by atoms with Crippen molar-refractivity contribution in [1.82, 2.24) is 5.43 Å². The zero-order valence-electron chi connectivity index (χ0n) is 8.50. The first-order chi connectivity index (χ1) is 5.56. The maximum atomic E-state index is 3.99. The predicted octanol–water partition coefficient (Wildman–Crippen LogP) is 0.979. The number of nitrogens with zero attached hydrogens (tertiary/aromatic N) is 2. The Labute approximate surface area is 79.8 Å². The van der Waals surface area contributed by atoms with Crippen LogP contribution in [0.15, 0.2) is 5.10 Å². The molecule has 0 rings (SSSR count). The summed E-state index contributed by atoms with van der Waals surface area (Å²) in [5.74, 6) is 1.12. The zero-order valence-corrected chi connectivity index (χ0v) is 9.32. The van der Waals surface area contributed by atoms with Gasteiger partial charge in [0.15, 0.2) is 0 Å². The Morgan fingerprint density at radius 2 is 2.08 bits per heavy atom. The molecule has 0 saturated carbocycles. The molecule has 0 spiro atoms. The quantitative estimate of drug-likeness (QED) is 0.222. The molecule has 0 aliphatic carbocycles. The van der Waals surface area contributed by atoms with Crippen LogP contribution >= 0.6 is 11.8 Å². The fourth-order valence-electron chi connectivity index (χ4n) is 0.545. The molecule has 12 heavy (non-hydrogen) atoms. The van der Waals surface area contributed by atoms with Gasteiger partial charge in [0.2, 0.25) is 0 Å². The second kappa shape index (κ2) is 6.31. The van der Waals surface area contributed by atoms with Gasteiger partial charge in [0.1, 0.15) is 0 Å². The third kappa shape index (κ3) is 9.78. The summed E-state index contributed by atoms with van der Waals surface area (Å²) < 4.78 is 1.02. The summed E-state index contributed by atoms with van der Waals surface area (Å²) >= 11 is 1.75. The van der Waals surface area contributed by atoms with Crippen LogP contribution < -0.4 is 5.43 Å². The van der Waals surface area contributed by atoms with Crippen molar-refractivity contribution in [1.29, 1.82) is 0 Å². The molecule has 0 aliphatic rings. The van der Waals surface area contributed by atoms with Crippen LogP contribution in [0.3, 0.4) is 0 Å². The maximum Gasteiger partial charge on any atom is 0.0876 e. The van der Waals surface area contributed by atoms with Gasteiger partial charge in [-0.3, -0.25) is 0 Å². The van der Waals surface area contributed by atoms with Gasteiger partial charge in [-0.1, -0.05) is 0 Å². The summed E-state index contributed by atoms with van der Waals surface area (Å²) in [5.41, 5.74) is 4.76. The molecule has 0 heterocycles. The Bertz CT molecular complexity index is 129. The molecule has 0 saturated heterocycles. The maximum absolute atomic E-state index is 3.99. The number of hydrazone groups is 1. The topological polar surface area (TPSA) is 24.4 Å². The van der Waals surface area contributed by atoms with Gasteiger partial charge in [0.05, 0.1) is 33.2 Å². The molecular weight excluding hydrogens is 170 g/mol. The van der Waals surface area contributed by atoms with Gasteiger partial charge in [0.25, 0.3) is 0 Å². The number of nitrogens with one attached hydrogen (secondary N) is 1. The van der Waals surface area contributed by atoms with E-state index < -0.39 is 0 Å². The van der Waals surface area contributed by atoms with Crippen molar-refractivity contribution in [2.45, 2.75) is 6.92 Å². The first kappa shape index (κ1) is 11.8. The van der Waals surface area contributed by atoms with Gasteiger partial charge in [-0.25, -0.2) is 0 Å². The molecule has 0 unspecified atom stereocenters. The molecule has 1 N–H and O–H groups in total. The molecular formula is C8H20N3S+. The molecule has 0 aromatic rings. The van der Waals surface area contributed by atoms with Crippen molar-refractivity contribution < 1.29 is 4.48 Å². The highest BCUT2D eigenvalue weighted by Crippen LogP contribution is 1.98. The third-order valence-corrected chi connectivity index (χ3v) is 1.93. The standard InChI is InChI=1S/C8H20N3S/c1-5-9-10-8-12-7-6-11(2,3)4/h8-9H,5-7H2,1-4H3/q+1/b10-8-. The number of quaternary nitrogens is 1. The molecule has 0 fully saturated rings. The normalized spacial score (nSPS) is 12.3. The molecule has 3 nitrogen and oxygen atoms in total. The van der Waals surface area contributed by atoms with Gasteiger partial charge >= 0.3 is 0 Å². The molecule has 0 amide bonds. The van der Waals surface area contributed by atoms with E-state index >= 15 is 0 Å². The van der Waals surface area contributed by atoms with E-state index in [2.05, 4.69) is 31.7 Å². The van der Waals surface area contributed by atoms with Crippen molar-refractivity contribution in [2.75, 3.05) is 40.0 Å². The van der Waals surface area contributed by atoms with E-state index in [1.54, 1.807) is 11.8 Å². The second-order valence-electron chi connectivity index (χ2n) is 3.63. The minimum absolute atomic E-state index is 0.895. The molecule has 72 valence electrons. The monoisotopic (exact) mass is 190 g/mol. The average Bonchev–Trinajstić information content (AvgIpc) is 1.94. The molecule has 0 radical (unpaired) electrons. The number of thioether (sulfide) groups is 1. The van der Waals surface area contributed by atoms with Crippen molar-refractivity contribution in [3.8, 4) is 0 Å². The van der Waals surface area contributed by atoms with E-state index in [1.807, 2.05) is 12.5 Å². The first-order valence-electron chi connectivity index (χ1n) is 4.22. The molecule has 0 bridgehead atoms. The van der Waals surface area contributed by atoms with Gasteiger partial charge in [-0.05, 0) is 6.92 Å². The molecule has 0 aromatic heterocycles. The lowest BCUT2D eigenvalue weighted by molar-refractivity contribution is -0.867. The summed E-state index contributed by atoms with van der Waals surface area (Å²) in [6.45, 7) is 4.10. The number of hydrogen-bond donors (Lipinski definition) is 1. The highest BCUT2D eigenvalue weighted by molar-refractivity contribution is 8.12. The minimum Gasteiger partial charge on any atom is -0.330 e. The van der Waals surface area contributed by atoms with Crippen LogP contribution in [0.4, 0.5) is 0 Å². The molecule has 0 aliphatic heterocycles. The van der Waals surface area contributed by atoms with Crippen LogP contribution in [0.5, 0.6) is 0 Å². The van der Waals surface area contributed by atoms with Crippen LogP contribution in [-0.4, -0.2) is 50.0 Å². The number of hydrogen-bond acceptors (Lipinski definition) is 3. The third-order valence-electron chi connectivity index (χ3n) is 1.26. The smallest absolute Gasteiger partial charge is 0.0876 e. The van der Waals surface area contributed by atoms with Crippen LogP contribution in [0.2, 0.25) is 0 Å². The Kier molecular flexibility index (Phi) is 6.20. The summed E-state index contributed by atoms with van der Waals surface area (Å²) in [7, 11) is 6.59. The van der Waals surface area contributed by atoms with Gasteiger partial charge in [-0.15, -0.1) is 11.8 Å². The zero-order chi connectivity index (χ0) is 9.45. The Balaban J connectivity index is 3.21. The summed E-state index contributed by atoms with van der Waals surface area (Å²) in [4.78, 5) is 0. The highest BCUT2D eigenvalue weighted by Gasteiger charge is 2.04. The van der Waals surface area contributed by atoms with Gasteiger partial charge in [0, 0.05) is 12.3 Å². The molecule has 0 aromatic carbocycles. The van der Waals surface area contributed by atoms with Crippen molar-refractivity contribution in [3.05, 3.63) is 0 Å². The van der Waals surface area contributed by atoms with E-state index in [1.165, 1.54) is 6.54 Å². The Hall–Kier alpha value is -0.220. The average molecular weight is 190 g/mol. The highest BCUT2D eigenvalue weighted by atomic mass is 32.2. The fourth-order valence-corrected chi connectivity index (χ4v) is 1.45.